The first-order valence-corrected chi connectivity index (χ1v) is 7.16. The predicted octanol–water partition coefficient (Wildman–Crippen LogP) is 0.990. The van der Waals surface area contributed by atoms with Gasteiger partial charge in [-0.25, -0.2) is 4.99 Å². The molecule has 0 unspecified atom stereocenters. The fraction of sp³-hybridized carbons (Fsp3) is 0.0588. The van der Waals surface area contributed by atoms with Crippen LogP contribution in [-0.4, -0.2) is 23.5 Å². The fourth-order valence-electron chi connectivity index (χ4n) is 2.69. The first-order valence-electron chi connectivity index (χ1n) is 7.16. The number of aryl methyl sites for hydroxylation is 1. The van der Waals surface area contributed by atoms with Gasteiger partial charge in [0, 0.05) is 16.7 Å². The Balaban J connectivity index is 2.27. The van der Waals surface area contributed by atoms with Crippen LogP contribution in [0.3, 0.4) is 0 Å². The number of benzene rings is 2. The van der Waals surface area contributed by atoms with Gasteiger partial charge in [0.2, 0.25) is 5.96 Å². The number of nitrogens with two attached hydrogens (primary N) is 3. The van der Waals surface area contributed by atoms with Gasteiger partial charge in [-0.1, -0.05) is 30.3 Å². The molecule has 0 heterocycles. The molecular formula is C17H15N5O2. The fourth-order valence-corrected chi connectivity index (χ4v) is 2.69. The lowest BCUT2D eigenvalue weighted by molar-refractivity contribution is 0.0979. The highest BCUT2D eigenvalue weighted by atomic mass is 16.1. The zero-order chi connectivity index (χ0) is 17.4. The summed E-state index contributed by atoms with van der Waals surface area (Å²) >= 11 is 0. The van der Waals surface area contributed by atoms with Gasteiger partial charge in [-0.3, -0.25) is 9.59 Å². The van der Waals surface area contributed by atoms with Crippen LogP contribution in [-0.2, 0) is 0 Å². The van der Waals surface area contributed by atoms with Gasteiger partial charge in [0.1, 0.15) is 0 Å². The summed E-state index contributed by atoms with van der Waals surface area (Å²) in [4.78, 5) is 33.4. The molecule has 0 aliphatic heterocycles. The average molecular weight is 321 g/mol. The van der Waals surface area contributed by atoms with Crippen molar-refractivity contribution in [3.8, 4) is 0 Å². The molecule has 3 rings (SSSR count). The van der Waals surface area contributed by atoms with Crippen molar-refractivity contribution < 1.29 is 9.59 Å². The quantitative estimate of drug-likeness (QED) is 0.453. The molecule has 0 atom stereocenters. The Bertz CT molecular complexity index is 940. The van der Waals surface area contributed by atoms with E-state index in [2.05, 4.69) is 9.98 Å². The SMILES string of the molecule is Cc1ccc2c(c1N=C(N)N=C(N)N)C(=O)c1ccccc1C2=O. The maximum Gasteiger partial charge on any atom is 0.223 e. The Morgan fingerprint density at radius 2 is 1.50 bits per heavy atom. The minimum Gasteiger partial charge on any atom is -0.370 e. The number of nitrogens with zero attached hydrogens (tertiary/aromatic N) is 2. The predicted molar refractivity (Wildman–Crippen MR) is 91.6 cm³/mol. The Hall–Kier alpha value is -3.48. The molecule has 0 bridgehead atoms. The summed E-state index contributed by atoms with van der Waals surface area (Å²) in [5, 5.41) is 0. The van der Waals surface area contributed by atoms with E-state index in [1.54, 1.807) is 43.3 Å². The molecule has 2 aromatic carbocycles. The highest BCUT2D eigenvalue weighted by Gasteiger charge is 2.32. The number of aliphatic imine (C=N–C) groups is 2. The normalized spacial score (nSPS) is 13.3. The van der Waals surface area contributed by atoms with Gasteiger partial charge >= 0.3 is 0 Å². The first kappa shape index (κ1) is 15.4. The molecule has 1 aliphatic rings. The van der Waals surface area contributed by atoms with E-state index in [1.807, 2.05) is 0 Å². The molecule has 0 aromatic heterocycles. The van der Waals surface area contributed by atoms with Crippen molar-refractivity contribution in [1.29, 1.82) is 0 Å². The van der Waals surface area contributed by atoms with E-state index in [9.17, 15) is 9.59 Å². The summed E-state index contributed by atoms with van der Waals surface area (Å²) in [6, 6.07) is 10.0. The summed E-state index contributed by atoms with van der Waals surface area (Å²) < 4.78 is 0. The van der Waals surface area contributed by atoms with E-state index in [1.165, 1.54) is 0 Å². The van der Waals surface area contributed by atoms with Crippen LogP contribution in [0.15, 0.2) is 46.4 Å². The van der Waals surface area contributed by atoms with Crippen molar-refractivity contribution in [2.75, 3.05) is 0 Å². The third-order valence-electron chi connectivity index (χ3n) is 3.74. The van der Waals surface area contributed by atoms with Crippen molar-refractivity contribution >= 4 is 29.2 Å². The first-order chi connectivity index (χ1) is 11.4. The van der Waals surface area contributed by atoms with Crippen molar-refractivity contribution in [2.45, 2.75) is 6.92 Å². The summed E-state index contributed by atoms with van der Waals surface area (Å²) in [6.07, 6.45) is 0. The summed E-state index contributed by atoms with van der Waals surface area (Å²) in [5.74, 6) is -0.936. The monoisotopic (exact) mass is 321 g/mol. The summed E-state index contributed by atoms with van der Waals surface area (Å²) in [5.41, 5.74) is 18.5. The van der Waals surface area contributed by atoms with Crippen LogP contribution in [0.5, 0.6) is 0 Å². The molecule has 7 heteroatoms. The zero-order valence-electron chi connectivity index (χ0n) is 12.9. The second kappa shape index (κ2) is 5.62. The zero-order valence-corrected chi connectivity index (χ0v) is 12.9. The number of hydrogen-bond acceptors (Lipinski definition) is 3. The number of carbonyl (C=O) groups excluding carboxylic acids is 2. The smallest absolute Gasteiger partial charge is 0.223 e. The molecule has 1 aliphatic carbocycles. The van der Waals surface area contributed by atoms with E-state index < -0.39 is 0 Å². The molecule has 6 N–H and O–H groups in total. The minimum atomic E-state index is -0.278. The summed E-state index contributed by atoms with van der Waals surface area (Å²) in [6.45, 7) is 1.76. The average Bonchev–Trinajstić information content (AvgIpc) is 2.53. The number of hydrogen-bond donors (Lipinski definition) is 3. The van der Waals surface area contributed by atoms with Gasteiger partial charge in [-0.2, -0.15) is 4.99 Å². The van der Waals surface area contributed by atoms with Gasteiger partial charge in [-0.15, -0.1) is 0 Å². The van der Waals surface area contributed by atoms with E-state index in [0.717, 1.165) is 0 Å². The van der Waals surface area contributed by atoms with Crippen LogP contribution >= 0.6 is 0 Å². The maximum atomic E-state index is 12.9. The Kier molecular flexibility index (Phi) is 3.61. The standard InChI is InChI=1S/C17H15N5O2/c1-8-6-7-11-12(13(8)21-17(20)22-16(18)19)15(24)10-5-3-2-4-9(10)14(11)23/h2-7H,1H3,(H6,18,19,20,21,22). The van der Waals surface area contributed by atoms with Crippen molar-refractivity contribution in [1.82, 2.24) is 0 Å². The number of carbonyl (C=O) groups is 2. The third-order valence-corrected chi connectivity index (χ3v) is 3.74. The van der Waals surface area contributed by atoms with Crippen LogP contribution in [0.4, 0.5) is 5.69 Å². The lowest BCUT2D eigenvalue weighted by Crippen LogP contribution is -2.26. The van der Waals surface area contributed by atoms with Gasteiger partial charge < -0.3 is 17.2 Å². The van der Waals surface area contributed by atoms with Crippen LogP contribution in [0, 0.1) is 6.92 Å². The molecule has 0 saturated carbocycles. The molecule has 0 fully saturated rings. The summed E-state index contributed by atoms with van der Waals surface area (Å²) in [7, 11) is 0. The van der Waals surface area contributed by atoms with Crippen molar-refractivity contribution in [3.63, 3.8) is 0 Å². The number of rotatable bonds is 1. The number of guanidine groups is 2. The highest BCUT2D eigenvalue weighted by Crippen LogP contribution is 2.35. The number of fused-ring (bicyclic) bond motifs is 2. The van der Waals surface area contributed by atoms with Gasteiger partial charge in [0.25, 0.3) is 0 Å². The Morgan fingerprint density at radius 3 is 2.12 bits per heavy atom. The second-order valence-electron chi connectivity index (χ2n) is 5.36. The van der Waals surface area contributed by atoms with E-state index in [0.29, 0.717) is 27.9 Å². The molecule has 7 nitrogen and oxygen atoms in total. The Labute approximate surface area is 137 Å². The topological polar surface area (TPSA) is 137 Å². The van der Waals surface area contributed by atoms with E-state index >= 15 is 0 Å². The maximum absolute atomic E-state index is 12.9. The second-order valence-corrected chi connectivity index (χ2v) is 5.36. The molecule has 24 heavy (non-hydrogen) atoms. The van der Waals surface area contributed by atoms with Crippen LogP contribution < -0.4 is 17.2 Å². The molecule has 0 saturated heterocycles. The molecular weight excluding hydrogens is 306 g/mol. The van der Waals surface area contributed by atoms with Crippen LogP contribution in [0.1, 0.15) is 37.4 Å². The molecule has 0 amide bonds. The van der Waals surface area contributed by atoms with Crippen molar-refractivity contribution in [2.24, 2.45) is 27.2 Å². The lowest BCUT2D eigenvalue weighted by Gasteiger charge is -2.19. The molecule has 0 radical (unpaired) electrons. The van der Waals surface area contributed by atoms with Gasteiger partial charge in [-0.05, 0) is 18.6 Å². The third kappa shape index (κ3) is 2.41. The number of ketones is 2. The molecule has 2 aromatic rings. The van der Waals surface area contributed by atoms with E-state index in [4.69, 9.17) is 17.2 Å². The van der Waals surface area contributed by atoms with Crippen molar-refractivity contribution in [3.05, 3.63) is 64.2 Å². The van der Waals surface area contributed by atoms with Crippen LogP contribution in [0.25, 0.3) is 0 Å². The van der Waals surface area contributed by atoms with Gasteiger partial charge in [0.05, 0.1) is 11.3 Å². The highest BCUT2D eigenvalue weighted by molar-refractivity contribution is 6.30. The van der Waals surface area contributed by atoms with Gasteiger partial charge in [0.15, 0.2) is 17.5 Å². The largest absolute Gasteiger partial charge is 0.370 e. The minimum absolute atomic E-state index is 0.189. The lowest BCUT2D eigenvalue weighted by atomic mass is 9.82. The van der Waals surface area contributed by atoms with Crippen LogP contribution in [0.2, 0.25) is 0 Å². The molecule has 0 spiro atoms. The molecule has 120 valence electrons. The van der Waals surface area contributed by atoms with E-state index in [-0.39, 0.29) is 29.0 Å². The Morgan fingerprint density at radius 1 is 0.875 bits per heavy atom.